The molecule has 1 aromatic heterocycles. The lowest BCUT2D eigenvalue weighted by atomic mass is 9.86. The number of carboxylic acids is 1. The van der Waals surface area contributed by atoms with Gasteiger partial charge < -0.3 is 24.4 Å². The maximum Gasteiger partial charge on any atom is 0.490 e. The van der Waals surface area contributed by atoms with E-state index >= 15 is 0 Å². The molecular formula is C20H19F3N4O5. The van der Waals surface area contributed by atoms with Crippen molar-refractivity contribution >= 4 is 23.5 Å². The Kier molecular flexibility index (Phi) is 5.53. The molecule has 0 aliphatic carbocycles. The molecular weight excluding hydrogens is 433 g/mol. The molecule has 2 aromatic rings. The van der Waals surface area contributed by atoms with Crippen LogP contribution in [0.25, 0.3) is 0 Å². The summed E-state index contributed by atoms with van der Waals surface area (Å²) in [7, 11) is 0. The average Bonchev–Trinajstić information content (AvgIpc) is 3.47. The fraction of sp³-hybridized carbons (Fsp3) is 0.400. The maximum absolute atomic E-state index is 12.7. The molecule has 9 nitrogen and oxygen atoms in total. The summed E-state index contributed by atoms with van der Waals surface area (Å²) in [5.74, 6) is -0.411. The summed E-state index contributed by atoms with van der Waals surface area (Å²) in [6, 6.07) is 7.51. The molecule has 1 unspecified atom stereocenters. The van der Waals surface area contributed by atoms with Crippen molar-refractivity contribution in [1.82, 2.24) is 9.97 Å². The summed E-state index contributed by atoms with van der Waals surface area (Å²) >= 11 is 0. The lowest BCUT2D eigenvalue weighted by molar-refractivity contribution is -0.192. The molecule has 1 amide bonds. The second-order valence-electron chi connectivity index (χ2n) is 7.72. The number of rotatable bonds is 2. The second-order valence-corrected chi connectivity index (χ2v) is 7.72. The number of aromatic nitrogens is 2. The highest BCUT2D eigenvalue weighted by molar-refractivity contribution is 5.97. The molecule has 3 aliphatic heterocycles. The van der Waals surface area contributed by atoms with E-state index in [1.54, 1.807) is 12.4 Å². The van der Waals surface area contributed by atoms with Crippen LogP contribution in [0.1, 0.15) is 12.8 Å². The van der Waals surface area contributed by atoms with E-state index in [-0.39, 0.29) is 18.1 Å². The molecule has 2 fully saturated rings. The van der Waals surface area contributed by atoms with E-state index in [2.05, 4.69) is 14.9 Å². The first-order valence-electron chi connectivity index (χ1n) is 9.69. The van der Waals surface area contributed by atoms with Gasteiger partial charge >= 0.3 is 12.1 Å². The van der Waals surface area contributed by atoms with Crippen LogP contribution in [-0.2, 0) is 9.59 Å². The van der Waals surface area contributed by atoms with Crippen LogP contribution in [0.3, 0.4) is 0 Å². The monoisotopic (exact) mass is 452 g/mol. The minimum atomic E-state index is -5.08. The minimum absolute atomic E-state index is 0.0351. The van der Waals surface area contributed by atoms with Crippen LogP contribution in [-0.4, -0.2) is 59.6 Å². The number of aliphatic carboxylic acids is 1. The van der Waals surface area contributed by atoms with Gasteiger partial charge in [-0.15, -0.1) is 0 Å². The van der Waals surface area contributed by atoms with E-state index in [1.165, 1.54) is 0 Å². The van der Waals surface area contributed by atoms with Crippen molar-refractivity contribution in [3.05, 3.63) is 36.7 Å². The van der Waals surface area contributed by atoms with Gasteiger partial charge in [0.05, 0.1) is 0 Å². The highest BCUT2D eigenvalue weighted by Crippen LogP contribution is 2.44. The van der Waals surface area contributed by atoms with Gasteiger partial charge in [-0.05, 0) is 24.6 Å². The van der Waals surface area contributed by atoms with Crippen LogP contribution in [0.4, 0.5) is 24.8 Å². The number of hydrogen-bond acceptors (Lipinski definition) is 7. The molecule has 4 heterocycles. The summed E-state index contributed by atoms with van der Waals surface area (Å²) < 4.78 is 42.5. The van der Waals surface area contributed by atoms with Crippen LogP contribution in [0, 0.1) is 5.41 Å². The minimum Gasteiger partial charge on any atom is -0.475 e. The molecule has 2 saturated heterocycles. The first-order valence-corrected chi connectivity index (χ1v) is 9.69. The maximum atomic E-state index is 12.7. The van der Waals surface area contributed by atoms with Gasteiger partial charge in [0.15, 0.2) is 11.5 Å². The van der Waals surface area contributed by atoms with Crippen molar-refractivity contribution in [3.63, 3.8) is 0 Å². The summed E-state index contributed by atoms with van der Waals surface area (Å²) in [4.78, 5) is 34.3. The predicted octanol–water partition coefficient (Wildman–Crippen LogP) is 2.47. The SMILES string of the molecule is O=C(O)C(F)(F)F.O=C1CC2(CCN(c3ncccn3)C2)CN1c1ccc2c(c1)OCO2. The Morgan fingerprint density at radius 1 is 1.12 bits per heavy atom. The third-order valence-electron chi connectivity index (χ3n) is 5.50. The van der Waals surface area contributed by atoms with Crippen molar-refractivity contribution in [2.75, 3.05) is 36.2 Å². The van der Waals surface area contributed by atoms with Gasteiger partial charge in [0.1, 0.15) is 0 Å². The van der Waals surface area contributed by atoms with E-state index < -0.39 is 12.1 Å². The van der Waals surface area contributed by atoms with Crippen LogP contribution >= 0.6 is 0 Å². The van der Waals surface area contributed by atoms with Gasteiger partial charge in [-0.3, -0.25) is 4.79 Å². The quantitative estimate of drug-likeness (QED) is 0.741. The van der Waals surface area contributed by atoms with Crippen LogP contribution in [0.2, 0.25) is 0 Å². The molecule has 170 valence electrons. The summed E-state index contributed by atoms with van der Waals surface area (Å²) in [6.07, 6.45) is -0.0408. The number of carbonyl (C=O) groups is 2. The zero-order chi connectivity index (χ0) is 22.9. The van der Waals surface area contributed by atoms with Gasteiger partial charge in [0.2, 0.25) is 18.6 Å². The number of carbonyl (C=O) groups excluding carboxylic acids is 1. The Bertz CT molecular complexity index is 1020. The number of amides is 1. The number of alkyl halides is 3. The van der Waals surface area contributed by atoms with Crippen molar-refractivity contribution in [2.45, 2.75) is 19.0 Å². The Balaban J connectivity index is 0.000000307. The van der Waals surface area contributed by atoms with Gasteiger partial charge in [0.25, 0.3) is 0 Å². The Morgan fingerprint density at radius 3 is 2.50 bits per heavy atom. The molecule has 3 aliphatic rings. The molecule has 32 heavy (non-hydrogen) atoms. The molecule has 0 radical (unpaired) electrons. The van der Waals surface area contributed by atoms with E-state index in [1.807, 2.05) is 29.2 Å². The fourth-order valence-electron chi connectivity index (χ4n) is 4.02. The zero-order valence-corrected chi connectivity index (χ0v) is 16.7. The fourth-order valence-corrected chi connectivity index (χ4v) is 4.02. The number of carboxylic acid groups (broad SMARTS) is 1. The third kappa shape index (κ3) is 4.39. The van der Waals surface area contributed by atoms with Crippen molar-refractivity contribution < 1.29 is 37.3 Å². The average molecular weight is 452 g/mol. The molecule has 1 atom stereocenters. The normalized spacial score (nSPS) is 21.7. The first kappa shape index (κ1) is 21.7. The largest absolute Gasteiger partial charge is 0.490 e. The third-order valence-corrected chi connectivity index (χ3v) is 5.50. The number of nitrogens with zero attached hydrogens (tertiary/aromatic N) is 4. The van der Waals surface area contributed by atoms with Crippen LogP contribution in [0.15, 0.2) is 36.7 Å². The highest BCUT2D eigenvalue weighted by atomic mass is 19.4. The number of ether oxygens (including phenoxy) is 2. The van der Waals surface area contributed by atoms with Crippen molar-refractivity contribution in [3.8, 4) is 11.5 Å². The van der Waals surface area contributed by atoms with E-state index in [0.717, 1.165) is 43.4 Å². The predicted molar refractivity (Wildman–Crippen MR) is 105 cm³/mol. The van der Waals surface area contributed by atoms with Gasteiger partial charge in [-0.2, -0.15) is 13.2 Å². The summed E-state index contributed by atoms with van der Waals surface area (Å²) in [5, 5.41) is 7.12. The molecule has 5 rings (SSSR count). The lowest BCUT2D eigenvalue weighted by Gasteiger charge is -2.24. The summed E-state index contributed by atoms with van der Waals surface area (Å²) in [5.41, 5.74) is 0.840. The second kappa shape index (κ2) is 8.17. The number of anilines is 2. The van der Waals surface area contributed by atoms with E-state index in [0.29, 0.717) is 12.2 Å². The highest BCUT2D eigenvalue weighted by Gasteiger charge is 2.48. The van der Waals surface area contributed by atoms with Gasteiger partial charge in [0, 0.05) is 55.6 Å². The molecule has 0 bridgehead atoms. The van der Waals surface area contributed by atoms with Gasteiger partial charge in [-0.25, -0.2) is 14.8 Å². The Labute approximate surface area is 180 Å². The van der Waals surface area contributed by atoms with Crippen LogP contribution < -0.4 is 19.3 Å². The van der Waals surface area contributed by atoms with E-state index in [4.69, 9.17) is 19.4 Å². The number of hydrogen-bond donors (Lipinski definition) is 1. The summed E-state index contributed by atoms with van der Waals surface area (Å²) in [6.45, 7) is 2.65. The number of benzene rings is 1. The number of halogens is 3. The molecule has 1 aromatic carbocycles. The van der Waals surface area contributed by atoms with Gasteiger partial charge in [-0.1, -0.05) is 0 Å². The topological polar surface area (TPSA) is 105 Å². The van der Waals surface area contributed by atoms with E-state index in [9.17, 15) is 18.0 Å². The molecule has 0 saturated carbocycles. The lowest BCUT2D eigenvalue weighted by Crippen LogP contribution is -2.31. The Morgan fingerprint density at radius 2 is 1.81 bits per heavy atom. The van der Waals surface area contributed by atoms with Crippen LogP contribution in [0.5, 0.6) is 11.5 Å². The zero-order valence-electron chi connectivity index (χ0n) is 16.7. The van der Waals surface area contributed by atoms with Crippen molar-refractivity contribution in [1.29, 1.82) is 0 Å². The standard InChI is InChI=1S/C18H18N4O3.C2HF3O2/c23-16-9-18(4-7-21(10-18)17-19-5-1-6-20-17)11-22(16)13-2-3-14-15(8-13)25-12-24-14;3-2(4,5)1(6)7/h1-3,5-6,8H,4,7,9-12H2;(H,6,7). The molecule has 1 spiro atoms. The smallest absolute Gasteiger partial charge is 0.475 e. The Hall–Kier alpha value is -3.57. The molecule has 1 N–H and O–H groups in total. The van der Waals surface area contributed by atoms with Crippen molar-refractivity contribution in [2.24, 2.45) is 5.41 Å². The first-order chi connectivity index (χ1) is 15.2. The molecule has 12 heteroatoms. The number of fused-ring (bicyclic) bond motifs is 1.